The Morgan fingerprint density at radius 1 is 0.765 bits per heavy atom. The smallest absolute Gasteiger partial charge is 0.0499 e. The minimum atomic E-state index is 0.689. The molecule has 0 aromatic heterocycles. The summed E-state index contributed by atoms with van der Waals surface area (Å²) in [7, 11) is 0. The zero-order valence-electron chi connectivity index (χ0n) is 8.95. The molecule has 0 nitrogen and oxygen atoms in total. The average molecular weight is 260 g/mol. The molecule has 0 unspecified atom stereocenters. The molecule has 0 heterocycles. The maximum Gasteiger partial charge on any atom is 0.0499 e. The first-order valence-corrected chi connectivity index (χ1v) is 6.12. The van der Waals surface area contributed by atoms with Crippen LogP contribution in [0.3, 0.4) is 0 Å². The molecule has 2 aromatic rings. The second-order valence-electron chi connectivity index (χ2n) is 3.93. The lowest BCUT2D eigenvalue weighted by molar-refractivity contribution is 1.52. The van der Waals surface area contributed by atoms with Gasteiger partial charge in [-0.1, -0.05) is 59.6 Å². The summed E-state index contributed by atoms with van der Waals surface area (Å²) in [5.74, 6) is 0. The molecule has 0 amide bonds. The third-order valence-electron chi connectivity index (χ3n) is 2.91. The van der Waals surface area contributed by atoms with Gasteiger partial charge in [-0.15, -0.1) is 0 Å². The van der Waals surface area contributed by atoms with Crippen LogP contribution in [0.4, 0.5) is 0 Å². The van der Waals surface area contributed by atoms with E-state index in [0.29, 0.717) is 10.0 Å². The predicted molar refractivity (Wildman–Crippen MR) is 73.4 cm³/mol. The Kier molecular flexibility index (Phi) is 2.70. The van der Waals surface area contributed by atoms with Crippen molar-refractivity contribution in [1.82, 2.24) is 0 Å². The molecule has 3 rings (SSSR count). The molecule has 0 fully saturated rings. The van der Waals surface area contributed by atoms with Gasteiger partial charge < -0.3 is 0 Å². The van der Waals surface area contributed by atoms with Gasteiger partial charge in [0.15, 0.2) is 0 Å². The highest BCUT2D eigenvalue weighted by Crippen LogP contribution is 2.39. The molecule has 0 N–H and O–H groups in total. The Morgan fingerprint density at radius 3 is 2.24 bits per heavy atom. The van der Waals surface area contributed by atoms with Crippen LogP contribution in [0, 0.1) is 6.42 Å². The molecule has 0 saturated heterocycles. The highest BCUT2D eigenvalue weighted by atomic mass is 35.5. The summed E-state index contributed by atoms with van der Waals surface area (Å²) >= 11 is 12.5. The highest BCUT2D eigenvalue weighted by Gasteiger charge is 2.19. The van der Waals surface area contributed by atoms with Crippen molar-refractivity contribution in [3.63, 3.8) is 0 Å². The SMILES string of the molecule is Clc1cccc(Cl)c1C1=C[CH]c2ccccc21. The predicted octanol–water partition coefficient (Wildman–Crippen LogP) is 4.99. The number of hydrogen-bond donors (Lipinski definition) is 0. The molecule has 83 valence electrons. The van der Waals surface area contributed by atoms with Gasteiger partial charge in [0.1, 0.15) is 0 Å². The summed E-state index contributed by atoms with van der Waals surface area (Å²) in [5, 5.41) is 1.38. The molecule has 0 atom stereocenters. The van der Waals surface area contributed by atoms with Crippen molar-refractivity contribution in [1.29, 1.82) is 0 Å². The first kappa shape index (κ1) is 10.9. The Morgan fingerprint density at radius 2 is 1.47 bits per heavy atom. The molecule has 2 heteroatoms. The van der Waals surface area contributed by atoms with Crippen LogP contribution in [0.25, 0.3) is 5.57 Å². The molecule has 0 aliphatic heterocycles. The minimum absolute atomic E-state index is 0.689. The van der Waals surface area contributed by atoms with Crippen LogP contribution in [-0.2, 0) is 0 Å². The van der Waals surface area contributed by atoms with Gasteiger partial charge in [-0.3, -0.25) is 0 Å². The van der Waals surface area contributed by atoms with Crippen LogP contribution < -0.4 is 0 Å². The summed E-state index contributed by atoms with van der Waals surface area (Å²) in [6.07, 6.45) is 4.15. The van der Waals surface area contributed by atoms with Crippen molar-refractivity contribution in [2.75, 3.05) is 0 Å². The maximum absolute atomic E-state index is 6.24. The first-order valence-electron chi connectivity index (χ1n) is 5.36. The summed E-state index contributed by atoms with van der Waals surface area (Å²) in [6.45, 7) is 0. The summed E-state index contributed by atoms with van der Waals surface area (Å²) in [5.41, 5.74) is 4.40. The topological polar surface area (TPSA) is 0 Å². The second kappa shape index (κ2) is 4.21. The lowest BCUT2D eigenvalue weighted by atomic mass is 9.99. The van der Waals surface area contributed by atoms with Crippen LogP contribution in [-0.4, -0.2) is 0 Å². The third kappa shape index (κ3) is 1.78. The molecule has 1 aliphatic rings. The first-order chi connectivity index (χ1) is 8.27. The lowest BCUT2D eigenvalue weighted by Gasteiger charge is -2.09. The zero-order valence-corrected chi connectivity index (χ0v) is 10.5. The van der Waals surface area contributed by atoms with Crippen LogP contribution in [0.2, 0.25) is 10.0 Å². The normalized spacial score (nSPS) is 13.4. The van der Waals surface area contributed by atoms with Gasteiger partial charge in [0.25, 0.3) is 0 Å². The Bertz CT molecular complexity index is 592. The molecule has 17 heavy (non-hydrogen) atoms. The average Bonchev–Trinajstić information content (AvgIpc) is 2.73. The van der Waals surface area contributed by atoms with Gasteiger partial charge in [0.05, 0.1) is 0 Å². The van der Waals surface area contributed by atoms with Gasteiger partial charge in [-0.05, 0) is 28.8 Å². The molecule has 1 aliphatic carbocycles. The molecule has 0 saturated carbocycles. The fraction of sp³-hybridized carbons (Fsp3) is 0. The van der Waals surface area contributed by atoms with Crippen molar-refractivity contribution in [2.24, 2.45) is 0 Å². The van der Waals surface area contributed by atoms with E-state index in [4.69, 9.17) is 23.2 Å². The second-order valence-corrected chi connectivity index (χ2v) is 4.75. The lowest BCUT2D eigenvalue weighted by Crippen LogP contribution is -1.89. The number of rotatable bonds is 1. The summed E-state index contributed by atoms with van der Waals surface area (Å²) in [6, 6.07) is 13.8. The van der Waals surface area contributed by atoms with Gasteiger partial charge in [0, 0.05) is 22.0 Å². The van der Waals surface area contributed by atoms with E-state index in [9.17, 15) is 0 Å². The number of allylic oxidation sites excluding steroid dienone is 1. The van der Waals surface area contributed by atoms with Crippen molar-refractivity contribution in [3.05, 3.63) is 81.7 Å². The minimum Gasteiger partial charge on any atom is -0.0836 e. The monoisotopic (exact) mass is 259 g/mol. The Balaban J connectivity index is 2.20. The van der Waals surface area contributed by atoms with E-state index in [2.05, 4.69) is 24.6 Å². The molecule has 1 radical (unpaired) electrons. The number of fused-ring (bicyclic) bond motifs is 1. The Hall–Kier alpha value is -1.24. The van der Waals surface area contributed by atoms with E-state index in [-0.39, 0.29) is 0 Å². The summed E-state index contributed by atoms with van der Waals surface area (Å²) in [4.78, 5) is 0. The largest absolute Gasteiger partial charge is 0.0836 e. The Labute approximate surface area is 110 Å². The van der Waals surface area contributed by atoms with Crippen molar-refractivity contribution >= 4 is 28.8 Å². The summed E-state index contributed by atoms with van der Waals surface area (Å²) < 4.78 is 0. The van der Waals surface area contributed by atoms with Gasteiger partial charge in [0.2, 0.25) is 0 Å². The van der Waals surface area contributed by atoms with Crippen molar-refractivity contribution < 1.29 is 0 Å². The molecule has 0 bridgehead atoms. The van der Waals surface area contributed by atoms with Crippen LogP contribution in [0.15, 0.2) is 48.5 Å². The molecular weight excluding hydrogens is 251 g/mol. The molecule has 2 aromatic carbocycles. The van der Waals surface area contributed by atoms with Gasteiger partial charge >= 0.3 is 0 Å². The van der Waals surface area contributed by atoms with E-state index in [0.717, 1.165) is 11.1 Å². The van der Waals surface area contributed by atoms with Crippen LogP contribution in [0.5, 0.6) is 0 Å². The van der Waals surface area contributed by atoms with Crippen LogP contribution >= 0.6 is 23.2 Å². The molecular formula is C15H9Cl2. The van der Waals surface area contributed by atoms with E-state index in [1.165, 1.54) is 11.1 Å². The molecule has 0 spiro atoms. The third-order valence-corrected chi connectivity index (χ3v) is 3.54. The zero-order chi connectivity index (χ0) is 11.8. The van der Waals surface area contributed by atoms with Crippen molar-refractivity contribution in [3.8, 4) is 0 Å². The number of benzene rings is 2. The van der Waals surface area contributed by atoms with Crippen molar-refractivity contribution in [2.45, 2.75) is 0 Å². The number of hydrogen-bond acceptors (Lipinski definition) is 0. The fourth-order valence-corrected chi connectivity index (χ4v) is 2.72. The number of halogens is 2. The van der Waals surface area contributed by atoms with Crippen LogP contribution in [0.1, 0.15) is 16.7 Å². The van der Waals surface area contributed by atoms with E-state index in [1.807, 2.05) is 30.3 Å². The fourth-order valence-electron chi connectivity index (χ4n) is 2.12. The highest BCUT2D eigenvalue weighted by molar-refractivity contribution is 6.38. The maximum atomic E-state index is 6.24. The standard InChI is InChI=1S/C15H9Cl2/c16-13-6-3-7-14(17)15(13)12-9-8-10-4-1-2-5-11(10)12/h1-9H. The van der Waals surface area contributed by atoms with E-state index >= 15 is 0 Å². The van der Waals surface area contributed by atoms with E-state index in [1.54, 1.807) is 0 Å². The van der Waals surface area contributed by atoms with E-state index < -0.39 is 0 Å². The van der Waals surface area contributed by atoms with Gasteiger partial charge in [-0.2, -0.15) is 0 Å². The quantitative estimate of drug-likeness (QED) is 0.677. The van der Waals surface area contributed by atoms with Gasteiger partial charge in [-0.25, -0.2) is 0 Å².